The number of rotatable bonds is 22. The van der Waals surface area contributed by atoms with Crippen LogP contribution in [-0.2, 0) is 33.1 Å². The number of aryl methyl sites for hydroxylation is 2. The maximum absolute atomic E-state index is 11.8. The van der Waals surface area contributed by atoms with Crippen LogP contribution in [-0.4, -0.2) is 68.8 Å². The summed E-state index contributed by atoms with van der Waals surface area (Å²) < 4.78 is 78.1. The molecule has 296 valence electrons. The molecule has 4 rings (SSSR count). The molecule has 0 aliphatic carbocycles. The molecule has 55 heavy (non-hydrogen) atoms. The van der Waals surface area contributed by atoms with Crippen LogP contribution in [0.4, 0.5) is 0 Å². The standard InChI is InChI=1S/2C21H28O5S.Ca/c2*1-2-3-4-5-6-7-8-11-17-14-18(16-19(15-17)27(23,24)25)26-21-13-10-9-12-20(21)22;/h2*9-10,12-16,22H,2-8,11H2,1H3,(H,23,24,25);/q;;+2/p-2. The van der Waals surface area contributed by atoms with E-state index in [0.717, 1.165) is 43.2 Å². The Hall–Kier alpha value is -2.84. The maximum Gasteiger partial charge on any atom is 2.00 e. The number of ether oxygens (including phenoxy) is 2. The first-order valence-electron chi connectivity index (χ1n) is 18.9. The van der Waals surface area contributed by atoms with Gasteiger partial charge in [-0.05, 0) is 85.3 Å². The fraction of sp³-hybridized carbons (Fsp3) is 0.429. The summed E-state index contributed by atoms with van der Waals surface area (Å²) in [5.74, 6) is 0.439. The molecule has 0 saturated heterocycles. The van der Waals surface area contributed by atoms with Gasteiger partial charge in [-0.25, -0.2) is 8.42 Å². The van der Waals surface area contributed by atoms with Gasteiger partial charge < -0.3 is 24.2 Å². The molecule has 0 amide bonds. The van der Waals surface area contributed by atoms with E-state index in [0.29, 0.717) is 12.8 Å². The number of benzene rings is 4. The number of hydrogen-bond acceptors (Lipinski definition) is 9. The van der Waals surface area contributed by atoms with Crippen molar-refractivity contribution in [1.82, 2.24) is 0 Å². The summed E-state index contributed by atoms with van der Waals surface area (Å²) in [5.41, 5.74) is 1.50. The molecule has 0 spiro atoms. The van der Waals surface area contributed by atoms with Gasteiger partial charge in [-0.15, -0.1) is 0 Å². The molecular formula is C42H54CaO10S2. The van der Waals surface area contributed by atoms with E-state index in [9.17, 15) is 36.2 Å². The van der Waals surface area contributed by atoms with Crippen LogP contribution >= 0.6 is 0 Å². The summed E-state index contributed by atoms with van der Waals surface area (Å²) in [6, 6.07) is 21.3. The topological polar surface area (TPSA) is 173 Å². The first-order chi connectivity index (χ1) is 25.8. The van der Waals surface area contributed by atoms with Gasteiger partial charge in [-0.3, -0.25) is 4.55 Å². The Balaban J connectivity index is 0.000000373. The largest absolute Gasteiger partial charge is 2.00 e. The zero-order valence-electron chi connectivity index (χ0n) is 32.1. The number of para-hydroxylation sites is 4. The molecule has 0 aromatic heterocycles. The molecule has 4 aromatic rings. The molecule has 0 radical (unpaired) electrons. The van der Waals surface area contributed by atoms with E-state index in [1.165, 1.54) is 100 Å². The quantitative estimate of drug-likeness (QED) is 0.0441. The zero-order valence-corrected chi connectivity index (χ0v) is 35.9. The van der Waals surface area contributed by atoms with Crippen LogP contribution in [0.2, 0.25) is 0 Å². The van der Waals surface area contributed by atoms with Crippen molar-refractivity contribution in [1.29, 1.82) is 0 Å². The van der Waals surface area contributed by atoms with Crippen LogP contribution in [0.25, 0.3) is 0 Å². The molecule has 0 bridgehead atoms. The predicted octanol–water partition coefficient (Wildman–Crippen LogP) is 10.1. The van der Waals surface area contributed by atoms with E-state index in [4.69, 9.17) is 9.47 Å². The predicted molar refractivity (Wildman–Crippen MR) is 214 cm³/mol. The van der Waals surface area contributed by atoms with E-state index in [1.54, 1.807) is 42.5 Å². The number of unbranched alkanes of at least 4 members (excludes halogenated alkanes) is 12. The fourth-order valence-electron chi connectivity index (χ4n) is 5.87. The maximum atomic E-state index is 11.8. The Bertz CT molecular complexity index is 1810. The van der Waals surface area contributed by atoms with Crippen molar-refractivity contribution in [3.63, 3.8) is 0 Å². The summed E-state index contributed by atoms with van der Waals surface area (Å²) in [5, 5.41) is 21.6. The molecule has 0 unspecified atom stereocenters. The second-order valence-corrected chi connectivity index (χ2v) is 16.2. The van der Waals surface area contributed by atoms with Crippen molar-refractivity contribution in [2.45, 2.75) is 126 Å². The van der Waals surface area contributed by atoms with Gasteiger partial charge in [0.25, 0.3) is 10.1 Å². The van der Waals surface area contributed by atoms with Gasteiger partial charge in [-0.1, -0.05) is 127 Å². The van der Waals surface area contributed by atoms with E-state index >= 15 is 0 Å². The number of phenolic OH excluding ortho intramolecular Hbond substituents is 1. The first kappa shape index (κ1) is 48.3. The molecule has 2 N–H and O–H groups in total. The zero-order chi connectivity index (χ0) is 39.4. The van der Waals surface area contributed by atoms with Gasteiger partial charge in [0.2, 0.25) is 0 Å². The Morgan fingerprint density at radius 3 is 1.45 bits per heavy atom. The van der Waals surface area contributed by atoms with Gasteiger partial charge >= 0.3 is 37.7 Å². The van der Waals surface area contributed by atoms with Crippen molar-refractivity contribution in [2.24, 2.45) is 0 Å². The SMILES string of the molecule is CCCCCCCCCc1cc(Oc2ccccc2O)cc(S(=O)(=O)O)c1.CCCCCCCCCc1cc(Oc2ccccc2[O-])cc(S(=O)(=O)[O-])c1.[Ca+2]. The normalized spacial score (nSPS) is 11.3. The van der Waals surface area contributed by atoms with Crippen LogP contribution in [0.3, 0.4) is 0 Å². The Morgan fingerprint density at radius 1 is 0.564 bits per heavy atom. The fourth-order valence-corrected chi connectivity index (χ4v) is 6.99. The molecule has 0 atom stereocenters. The van der Waals surface area contributed by atoms with Crippen LogP contribution in [0.15, 0.2) is 94.7 Å². The molecule has 0 saturated carbocycles. The average Bonchev–Trinajstić information content (AvgIpc) is 3.12. The minimum atomic E-state index is -4.60. The molecule has 4 aromatic carbocycles. The van der Waals surface area contributed by atoms with E-state index in [1.807, 2.05) is 0 Å². The van der Waals surface area contributed by atoms with Gasteiger partial charge in [0.05, 0.1) is 9.79 Å². The Labute approximate surface area is 357 Å². The third-order valence-electron chi connectivity index (χ3n) is 8.77. The van der Waals surface area contributed by atoms with Crippen molar-refractivity contribution in [2.75, 3.05) is 0 Å². The number of aromatic hydroxyl groups is 1. The van der Waals surface area contributed by atoms with Crippen molar-refractivity contribution in [3.05, 3.63) is 96.1 Å². The summed E-state index contributed by atoms with van der Waals surface area (Å²) in [4.78, 5) is -0.533. The number of hydrogen-bond donors (Lipinski definition) is 2. The smallest absolute Gasteiger partial charge is 0.870 e. The molecule has 0 fully saturated rings. The minimum Gasteiger partial charge on any atom is -0.870 e. The van der Waals surface area contributed by atoms with Gasteiger partial charge in [0.15, 0.2) is 11.5 Å². The van der Waals surface area contributed by atoms with Crippen LogP contribution in [0.5, 0.6) is 34.5 Å². The van der Waals surface area contributed by atoms with Crippen LogP contribution in [0.1, 0.15) is 115 Å². The van der Waals surface area contributed by atoms with Gasteiger partial charge in [0.1, 0.15) is 27.4 Å². The second-order valence-electron chi connectivity index (χ2n) is 13.4. The van der Waals surface area contributed by atoms with Crippen molar-refractivity contribution in [3.8, 4) is 34.5 Å². The van der Waals surface area contributed by atoms with Gasteiger partial charge in [-0.2, -0.15) is 8.42 Å². The third-order valence-corrected chi connectivity index (χ3v) is 10.4. The van der Waals surface area contributed by atoms with Crippen molar-refractivity contribution >= 4 is 58.0 Å². The van der Waals surface area contributed by atoms with Crippen LogP contribution in [0, 0.1) is 0 Å². The average molecular weight is 823 g/mol. The third kappa shape index (κ3) is 18.8. The monoisotopic (exact) mass is 822 g/mol. The summed E-state index contributed by atoms with van der Waals surface area (Å²) in [6.07, 6.45) is 17.5. The summed E-state index contributed by atoms with van der Waals surface area (Å²) in [7, 11) is -8.94. The van der Waals surface area contributed by atoms with Gasteiger partial charge in [0, 0.05) is 6.07 Å². The van der Waals surface area contributed by atoms with Crippen LogP contribution < -0.4 is 14.6 Å². The summed E-state index contributed by atoms with van der Waals surface area (Å²) in [6.45, 7) is 4.37. The summed E-state index contributed by atoms with van der Waals surface area (Å²) >= 11 is 0. The Morgan fingerprint density at radius 2 is 0.982 bits per heavy atom. The molecule has 13 heteroatoms. The molecule has 0 aliphatic rings. The van der Waals surface area contributed by atoms with E-state index in [2.05, 4.69) is 13.8 Å². The van der Waals surface area contributed by atoms with E-state index < -0.39 is 20.2 Å². The number of phenols is 1. The molecule has 0 aliphatic heterocycles. The van der Waals surface area contributed by atoms with Crippen molar-refractivity contribution < 1.29 is 45.6 Å². The Kier molecular flexibility index (Phi) is 22.3. The second kappa shape index (κ2) is 25.4. The molecule has 0 heterocycles. The minimum absolute atomic E-state index is 0. The first-order valence-corrected chi connectivity index (χ1v) is 21.8. The molecule has 10 nitrogen and oxygen atoms in total. The molecular weight excluding hydrogens is 769 g/mol. The van der Waals surface area contributed by atoms with E-state index in [-0.39, 0.29) is 82.0 Å².